The van der Waals surface area contributed by atoms with Gasteiger partial charge >= 0.3 is 6.18 Å². The Morgan fingerprint density at radius 2 is 1.82 bits per heavy atom. The van der Waals surface area contributed by atoms with Crippen LogP contribution in [0.1, 0.15) is 49.3 Å². The average molecular weight is 558 g/mol. The summed E-state index contributed by atoms with van der Waals surface area (Å²) in [6.07, 6.45) is -2.66. The molecule has 7 nitrogen and oxygen atoms in total. The first-order valence-electron chi connectivity index (χ1n) is 13.0. The quantitative estimate of drug-likeness (QED) is 0.497. The number of benzene rings is 2. The Morgan fingerprint density at radius 3 is 2.46 bits per heavy atom. The van der Waals surface area contributed by atoms with Gasteiger partial charge in [0.1, 0.15) is 17.9 Å². The summed E-state index contributed by atoms with van der Waals surface area (Å²) in [6.45, 7) is 8.74. The van der Waals surface area contributed by atoms with Crippen LogP contribution in [0.15, 0.2) is 36.4 Å². The molecule has 1 amide bonds. The summed E-state index contributed by atoms with van der Waals surface area (Å²) in [6, 6.07) is 10.5. The molecule has 39 heavy (non-hydrogen) atoms. The number of thiocarbonyl (C=S) groups is 1. The number of carbonyl (C=O) groups excluding carboxylic acids is 1. The summed E-state index contributed by atoms with van der Waals surface area (Å²) in [5.74, 6) is 0.720. The van der Waals surface area contributed by atoms with Crippen molar-refractivity contribution in [3.05, 3.63) is 53.1 Å². The minimum atomic E-state index is -4.75. The first-order chi connectivity index (χ1) is 18.5. The number of alkyl halides is 3. The number of halogens is 3. The minimum Gasteiger partial charge on any atom is -0.492 e. The fraction of sp³-hybridized carbons (Fsp3) is 0.464. The summed E-state index contributed by atoms with van der Waals surface area (Å²) in [5, 5.41) is 12.6. The van der Waals surface area contributed by atoms with Gasteiger partial charge in [-0.1, -0.05) is 0 Å². The number of carbonyl (C=O) groups is 1. The second-order valence-corrected chi connectivity index (χ2v) is 11.0. The second-order valence-electron chi connectivity index (χ2n) is 10.6. The molecular weight excluding hydrogens is 527 g/mol. The number of ether oxygens (including phenoxy) is 1. The van der Waals surface area contributed by atoms with Gasteiger partial charge in [-0.15, -0.1) is 0 Å². The molecule has 0 aromatic heterocycles. The lowest BCUT2D eigenvalue weighted by Gasteiger charge is -2.30. The molecule has 0 bridgehead atoms. The summed E-state index contributed by atoms with van der Waals surface area (Å²) >= 11 is 5.69. The third-order valence-electron chi connectivity index (χ3n) is 7.50. The van der Waals surface area contributed by atoms with Crippen molar-refractivity contribution in [3.8, 4) is 11.8 Å². The molecule has 3 aliphatic rings. The van der Waals surface area contributed by atoms with Gasteiger partial charge in [0.2, 0.25) is 0 Å². The Labute approximate surface area is 231 Å². The van der Waals surface area contributed by atoms with E-state index in [0.717, 1.165) is 73.9 Å². The van der Waals surface area contributed by atoms with Crippen LogP contribution in [-0.2, 0) is 11.0 Å². The Morgan fingerprint density at radius 1 is 1.13 bits per heavy atom. The van der Waals surface area contributed by atoms with Gasteiger partial charge in [-0.05, 0) is 86.8 Å². The van der Waals surface area contributed by atoms with E-state index in [1.54, 1.807) is 24.8 Å². The molecular formula is C28H30F3N5O2S. The predicted molar refractivity (Wildman–Crippen MR) is 146 cm³/mol. The van der Waals surface area contributed by atoms with Crippen molar-refractivity contribution in [2.45, 2.75) is 44.3 Å². The molecule has 1 saturated carbocycles. The molecule has 0 spiro atoms. The maximum Gasteiger partial charge on any atom is 0.417 e. The molecule has 1 N–H and O–H groups in total. The van der Waals surface area contributed by atoms with Crippen LogP contribution < -0.4 is 19.9 Å². The van der Waals surface area contributed by atoms with Gasteiger partial charge in [0.15, 0.2) is 5.11 Å². The summed E-state index contributed by atoms with van der Waals surface area (Å²) in [5.41, 5.74) is -1.05. The summed E-state index contributed by atoms with van der Waals surface area (Å²) < 4.78 is 47.1. The molecule has 2 saturated heterocycles. The van der Waals surface area contributed by atoms with Gasteiger partial charge in [0.25, 0.3) is 5.91 Å². The van der Waals surface area contributed by atoms with Crippen LogP contribution in [0.5, 0.6) is 5.75 Å². The Balaban J connectivity index is 1.42. The largest absolute Gasteiger partial charge is 0.492 e. The smallest absolute Gasteiger partial charge is 0.417 e. The Bertz CT molecular complexity index is 1330. The van der Waals surface area contributed by atoms with E-state index in [0.29, 0.717) is 18.2 Å². The van der Waals surface area contributed by atoms with Gasteiger partial charge in [-0.2, -0.15) is 18.4 Å². The molecule has 0 radical (unpaired) electrons. The van der Waals surface area contributed by atoms with Crippen LogP contribution in [0.25, 0.3) is 0 Å². The standard InChI is InChI=1S/C28H30F3N5O2S/c1-27(2)25(37)35(20-6-5-19(17-32)23(16-20)28(29,30)31)26(39)36(27)21-7-8-24(22(15-21)18-3-4-18)38-14-13-34-11-9-33-10-12-34/h5-8,15-16,18,33H,3-4,9-14H2,1-2H3. The fourth-order valence-electron chi connectivity index (χ4n) is 5.20. The second kappa shape index (κ2) is 10.4. The van der Waals surface area contributed by atoms with Gasteiger partial charge < -0.3 is 15.0 Å². The van der Waals surface area contributed by atoms with Crippen LogP contribution in [0, 0.1) is 11.3 Å². The number of piperazine rings is 1. The van der Waals surface area contributed by atoms with E-state index < -0.39 is 28.7 Å². The number of hydrogen-bond acceptors (Lipinski definition) is 6. The lowest BCUT2D eigenvalue weighted by atomic mass is 10.0. The molecule has 2 aliphatic heterocycles. The first kappa shape index (κ1) is 27.4. The molecule has 11 heteroatoms. The van der Waals surface area contributed by atoms with Crippen molar-refractivity contribution in [2.24, 2.45) is 0 Å². The van der Waals surface area contributed by atoms with E-state index in [9.17, 15) is 18.0 Å². The first-order valence-corrected chi connectivity index (χ1v) is 13.4. The van der Waals surface area contributed by atoms with Crippen LogP contribution in [0.2, 0.25) is 0 Å². The zero-order valence-electron chi connectivity index (χ0n) is 21.8. The zero-order chi connectivity index (χ0) is 27.9. The van der Waals surface area contributed by atoms with Crippen molar-refractivity contribution >= 4 is 34.6 Å². The van der Waals surface area contributed by atoms with Crippen LogP contribution in [0.4, 0.5) is 24.5 Å². The van der Waals surface area contributed by atoms with E-state index in [1.807, 2.05) is 18.2 Å². The third-order valence-corrected chi connectivity index (χ3v) is 7.86. The normalized spacial score (nSPS) is 19.9. The van der Waals surface area contributed by atoms with Crippen LogP contribution in [-0.4, -0.2) is 60.8 Å². The molecule has 2 aromatic carbocycles. The van der Waals surface area contributed by atoms with E-state index in [2.05, 4.69) is 10.2 Å². The van der Waals surface area contributed by atoms with Gasteiger partial charge in [0.05, 0.1) is 22.9 Å². The molecule has 206 valence electrons. The predicted octanol–water partition coefficient (Wildman–Crippen LogP) is 4.66. The minimum absolute atomic E-state index is 0.0258. The number of rotatable bonds is 7. The van der Waals surface area contributed by atoms with Crippen LogP contribution in [0.3, 0.4) is 0 Å². The van der Waals surface area contributed by atoms with Gasteiger partial charge in [-0.25, -0.2) is 0 Å². The molecule has 3 fully saturated rings. The number of hydrogen-bond donors (Lipinski definition) is 1. The zero-order valence-corrected chi connectivity index (χ0v) is 22.7. The molecule has 1 aliphatic carbocycles. The Hall–Kier alpha value is -3.20. The van der Waals surface area contributed by atoms with Gasteiger partial charge in [0, 0.05) is 38.4 Å². The van der Waals surface area contributed by atoms with Crippen molar-refractivity contribution in [1.29, 1.82) is 5.26 Å². The highest BCUT2D eigenvalue weighted by Crippen LogP contribution is 2.47. The van der Waals surface area contributed by atoms with E-state index in [1.165, 1.54) is 6.07 Å². The van der Waals surface area contributed by atoms with E-state index in [4.69, 9.17) is 22.2 Å². The van der Waals surface area contributed by atoms with Crippen molar-refractivity contribution in [3.63, 3.8) is 0 Å². The molecule has 0 atom stereocenters. The van der Waals surface area contributed by atoms with Crippen molar-refractivity contribution in [1.82, 2.24) is 10.2 Å². The average Bonchev–Trinajstić information content (AvgIpc) is 3.72. The van der Waals surface area contributed by atoms with Gasteiger partial charge in [-0.3, -0.25) is 14.6 Å². The summed E-state index contributed by atoms with van der Waals surface area (Å²) in [4.78, 5) is 18.7. The molecule has 2 aromatic rings. The number of amides is 1. The number of anilines is 2. The van der Waals surface area contributed by atoms with E-state index >= 15 is 0 Å². The lowest BCUT2D eigenvalue weighted by Crippen LogP contribution is -2.45. The highest BCUT2D eigenvalue weighted by Gasteiger charge is 2.51. The maximum absolute atomic E-state index is 13.6. The fourth-order valence-corrected chi connectivity index (χ4v) is 5.72. The van der Waals surface area contributed by atoms with Crippen molar-refractivity contribution < 1.29 is 22.7 Å². The number of nitrogens with zero attached hydrogens (tertiary/aromatic N) is 4. The topological polar surface area (TPSA) is 71.8 Å². The number of nitrogens with one attached hydrogen (secondary N) is 1. The maximum atomic E-state index is 13.6. The monoisotopic (exact) mass is 557 g/mol. The lowest BCUT2D eigenvalue weighted by molar-refractivity contribution is -0.137. The Kier molecular flexibility index (Phi) is 7.31. The van der Waals surface area contributed by atoms with Crippen molar-refractivity contribution in [2.75, 3.05) is 49.1 Å². The van der Waals surface area contributed by atoms with E-state index in [-0.39, 0.29) is 10.8 Å². The molecule has 2 heterocycles. The number of nitriles is 1. The highest BCUT2D eigenvalue weighted by atomic mass is 32.1. The molecule has 5 rings (SSSR count). The third kappa shape index (κ3) is 5.33. The highest BCUT2D eigenvalue weighted by molar-refractivity contribution is 7.81. The summed E-state index contributed by atoms with van der Waals surface area (Å²) in [7, 11) is 0. The molecule has 0 unspecified atom stereocenters. The SMILES string of the molecule is CC1(C)C(=O)N(c2ccc(C#N)c(C(F)(F)F)c2)C(=S)N1c1ccc(OCCN2CCNCC2)c(C2CC2)c1. The van der Waals surface area contributed by atoms with Crippen LogP contribution >= 0.6 is 12.2 Å².